The molecule has 3 N–H and O–H groups in total. The number of aromatic nitrogens is 3. The van der Waals surface area contributed by atoms with Gasteiger partial charge < -0.3 is 10.7 Å². The van der Waals surface area contributed by atoms with Crippen LogP contribution in [0.15, 0.2) is 11.4 Å². The second-order valence-electron chi connectivity index (χ2n) is 2.50. The van der Waals surface area contributed by atoms with Gasteiger partial charge in [-0.15, -0.1) is 11.3 Å². The molecule has 0 atom stereocenters. The Bertz CT molecular complexity index is 518. The first kappa shape index (κ1) is 9.99. The van der Waals surface area contributed by atoms with Crippen molar-refractivity contribution >= 4 is 52.1 Å². The molecule has 14 heavy (non-hydrogen) atoms. The lowest BCUT2D eigenvalue weighted by molar-refractivity contribution is 1.05. The highest BCUT2D eigenvalue weighted by Crippen LogP contribution is 2.23. The molecule has 0 aliphatic rings. The minimum atomic E-state index is 0.262. The van der Waals surface area contributed by atoms with Gasteiger partial charge in [-0.3, -0.25) is 0 Å². The number of halogens is 1. The number of nitrogens with two attached hydrogens (primary N) is 1. The van der Waals surface area contributed by atoms with Gasteiger partial charge in [-0.25, -0.2) is 4.98 Å². The molecule has 0 aliphatic heterocycles. The highest BCUT2D eigenvalue weighted by molar-refractivity contribution is 14.1. The fourth-order valence-electron chi connectivity index (χ4n) is 0.972. The first-order chi connectivity index (χ1) is 6.65. The van der Waals surface area contributed by atoms with Crippen LogP contribution in [-0.2, 0) is 0 Å². The minimum absolute atomic E-state index is 0.262. The van der Waals surface area contributed by atoms with Gasteiger partial charge >= 0.3 is 0 Å². The Balaban J connectivity index is 2.56. The minimum Gasteiger partial charge on any atom is -0.369 e. The van der Waals surface area contributed by atoms with Gasteiger partial charge in [-0.1, -0.05) is 0 Å². The summed E-state index contributed by atoms with van der Waals surface area (Å²) in [6, 6.07) is 2.01. The maximum atomic E-state index is 5.53. The molecule has 0 radical (unpaired) electrons. The molecule has 4 nitrogen and oxygen atoms in total. The highest BCUT2D eigenvalue weighted by Gasteiger charge is 2.03. The van der Waals surface area contributed by atoms with Crippen molar-refractivity contribution < 1.29 is 0 Å². The van der Waals surface area contributed by atoms with E-state index in [4.69, 9.17) is 18.0 Å². The molecular formula is C7H5IN4S2. The van der Waals surface area contributed by atoms with Crippen LogP contribution in [0.5, 0.6) is 0 Å². The number of nitrogens with zero attached hydrogens (tertiary/aromatic N) is 2. The lowest BCUT2D eigenvalue weighted by Gasteiger charge is -1.97. The number of H-pyrrole nitrogens is 1. The van der Waals surface area contributed by atoms with Crippen LogP contribution in [0, 0.1) is 7.65 Å². The van der Waals surface area contributed by atoms with E-state index in [9.17, 15) is 0 Å². The van der Waals surface area contributed by atoms with Crippen LogP contribution in [0.1, 0.15) is 0 Å². The van der Waals surface area contributed by atoms with Crippen LogP contribution >= 0.6 is 46.1 Å². The maximum absolute atomic E-state index is 5.53. The summed E-state index contributed by atoms with van der Waals surface area (Å²) >= 11 is 8.76. The summed E-state index contributed by atoms with van der Waals surface area (Å²) in [6.45, 7) is 0. The van der Waals surface area contributed by atoms with Crippen molar-refractivity contribution in [3.05, 3.63) is 19.1 Å². The third-order valence-electron chi connectivity index (χ3n) is 1.51. The highest BCUT2D eigenvalue weighted by atomic mass is 127. The summed E-state index contributed by atoms with van der Waals surface area (Å²) in [5.41, 5.74) is 6.52. The summed E-state index contributed by atoms with van der Waals surface area (Å²) < 4.78 is 1.45. The molecule has 0 saturated heterocycles. The standard InChI is InChI=1S/C7H5IN4S2/c8-4-1-3(2-14-4)5-10-6(9)12-7(13)11-5/h1-2H,(H3,9,10,11,12,13). The summed E-state index contributed by atoms with van der Waals surface area (Å²) in [5, 5.41) is 1.99. The van der Waals surface area contributed by atoms with Crippen LogP contribution in [0.25, 0.3) is 11.4 Å². The predicted octanol–water partition coefficient (Wildman–Crippen LogP) is 2.45. The number of anilines is 1. The zero-order chi connectivity index (χ0) is 10.1. The number of rotatable bonds is 1. The van der Waals surface area contributed by atoms with Gasteiger partial charge in [0.05, 0.1) is 2.88 Å². The zero-order valence-electron chi connectivity index (χ0n) is 6.82. The number of nitrogen functional groups attached to an aromatic ring is 1. The van der Waals surface area contributed by atoms with E-state index in [2.05, 4.69) is 37.5 Å². The second-order valence-corrected chi connectivity index (χ2v) is 5.68. The average molecular weight is 336 g/mol. The van der Waals surface area contributed by atoms with E-state index in [-0.39, 0.29) is 4.77 Å². The molecule has 0 aromatic carbocycles. The van der Waals surface area contributed by atoms with Crippen molar-refractivity contribution in [2.75, 3.05) is 5.73 Å². The fraction of sp³-hybridized carbons (Fsp3) is 0. The molecule has 0 bridgehead atoms. The Morgan fingerprint density at radius 2 is 2.29 bits per heavy atom. The molecule has 2 aromatic heterocycles. The van der Waals surface area contributed by atoms with E-state index in [0.29, 0.717) is 11.8 Å². The third kappa shape index (κ3) is 2.10. The molecule has 0 spiro atoms. The smallest absolute Gasteiger partial charge is 0.224 e. The molecule has 2 rings (SSSR count). The summed E-state index contributed by atoms with van der Waals surface area (Å²) in [6.07, 6.45) is 0. The van der Waals surface area contributed by atoms with Gasteiger partial charge in [-0.2, -0.15) is 4.98 Å². The maximum Gasteiger partial charge on any atom is 0.224 e. The van der Waals surface area contributed by atoms with Gasteiger partial charge in [-0.05, 0) is 40.9 Å². The quantitative estimate of drug-likeness (QED) is 0.620. The van der Waals surface area contributed by atoms with E-state index in [1.807, 2.05) is 11.4 Å². The second kappa shape index (κ2) is 3.91. The van der Waals surface area contributed by atoms with E-state index < -0.39 is 0 Å². The molecule has 7 heteroatoms. The monoisotopic (exact) mass is 336 g/mol. The van der Waals surface area contributed by atoms with Gasteiger partial charge in [0, 0.05) is 10.9 Å². The Morgan fingerprint density at radius 1 is 1.50 bits per heavy atom. The lowest BCUT2D eigenvalue weighted by atomic mass is 10.3. The molecule has 0 aliphatic carbocycles. The van der Waals surface area contributed by atoms with Gasteiger partial charge in [0.1, 0.15) is 5.82 Å². The lowest BCUT2D eigenvalue weighted by Crippen LogP contribution is -1.99. The molecule has 2 heterocycles. The van der Waals surface area contributed by atoms with E-state index >= 15 is 0 Å². The number of aromatic amines is 1. The normalized spacial score (nSPS) is 10.4. The van der Waals surface area contributed by atoms with Crippen LogP contribution < -0.4 is 5.73 Å². The number of thiophene rings is 1. The molecular weight excluding hydrogens is 331 g/mol. The topological polar surface area (TPSA) is 67.6 Å². The van der Waals surface area contributed by atoms with E-state index in [1.54, 1.807) is 11.3 Å². The Hall–Kier alpha value is -0.540. The number of hydrogen-bond acceptors (Lipinski definition) is 5. The van der Waals surface area contributed by atoms with E-state index in [0.717, 1.165) is 5.56 Å². The largest absolute Gasteiger partial charge is 0.369 e. The van der Waals surface area contributed by atoms with Crippen LogP contribution in [0.2, 0.25) is 0 Å². The molecule has 0 saturated carbocycles. The van der Waals surface area contributed by atoms with Gasteiger partial charge in [0.25, 0.3) is 0 Å². The summed E-state index contributed by atoms with van der Waals surface area (Å²) in [7, 11) is 0. The Kier molecular flexibility index (Phi) is 2.79. The molecule has 2 aromatic rings. The Labute approximate surface area is 103 Å². The first-order valence-electron chi connectivity index (χ1n) is 3.63. The number of nitrogens with one attached hydrogen (secondary N) is 1. The van der Waals surface area contributed by atoms with Gasteiger partial charge in [0.15, 0.2) is 0 Å². The van der Waals surface area contributed by atoms with Gasteiger partial charge in [0.2, 0.25) is 10.7 Å². The van der Waals surface area contributed by atoms with E-state index in [1.165, 1.54) is 2.88 Å². The van der Waals surface area contributed by atoms with Crippen molar-refractivity contribution in [1.29, 1.82) is 0 Å². The van der Waals surface area contributed by atoms with Crippen LogP contribution in [0.4, 0.5) is 5.95 Å². The average Bonchev–Trinajstić information content (AvgIpc) is 2.50. The first-order valence-corrected chi connectivity index (χ1v) is 6.00. The SMILES string of the molecule is Nc1nc(=S)nc(-c2csc(I)c2)[nH]1. The summed E-state index contributed by atoms with van der Waals surface area (Å²) in [4.78, 5) is 10.8. The van der Waals surface area contributed by atoms with Crippen LogP contribution in [0.3, 0.4) is 0 Å². The van der Waals surface area contributed by atoms with Crippen molar-refractivity contribution in [3.8, 4) is 11.4 Å². The predicted molar refractivity (Wildman–Crippen MR) is 67.7 cm³/mol. The fourth-order valence-corrected chi connectivity index (χ4v) is 2.49. The molecule has 0 unspecified atom stereocenters. The van der Waals surface area contributed by atoms with Crippen molar-refractivity contribution in [3.63, 3.8) is 0 Å². The summed E-state index contributed by atoms with van der Waals surface area (Å²) in [5.74, 6) is 0.961. The van der Waals surface area contributed by atoms with Crippen LogP contribution in [-0.4, -0.2) is 15.0 Å². The number of hydrogen-bond donors (Lipinski definition) is 2. The Morgan fingerprint density at radius 3 is 2.86 bits per heavy atom. The molecule has 0 amide bonds. The molecule has 0 fully saturated rings. The third-order valence-corrected chi connectivity index (χ3v) is 3.48. The molecule has 72 valence electrons. The van der Waals surface area contributed by atoms with Crippen molar-refractivity contribution in [1.82, 2.24) is 15.0 Å². The van der Waals surface area contributed by atoms with Crippen molar-refractivity contribution in [2.45, 2.75) is 0 Å². The zero-order valence-corrected chi connectivity index (χ0v) is 10.6. The van der Waals surface area contributed by atoms with Crippen molar-refractivity contribution in [2.24, 2.45) is 0 Å².